The van der Waals surface area contributed by atoms with Crippen molar-refractivity contribution >= 4 is 11.9 Å². The van der Waals surface area contributed by atoms with E-state index in [2.05, 4.69) is 22.1 Å². The number of carbonyl (C=O) groups is 1. The second kappa shape index (κ2) is 10.8. The minimum Gasteiger partial charge on any atom is -0.384 e. The fourth-order valence-electron chi connectivity index (χ4n) is 3.22. The van der Waals surface area contributed by atoms with Gasteiger partial charge in [-0.05, 0) is 18.9 Å². The molecule has 2 rings (SSSR count). The van der Waals surface area contributed by atoms with E-state index in [9.17, 15) is 4.79 Å². The zero-order chi connectivity index (χ0) is 18.8. The largest absolute Gasteiger partial charge is 0.384 e. The molecule has 0 radical (unpaired) electrons. The molecule has 1 fully saturated rings. The van der Waals surface area contributed by atoms with Gasteiger partial charge in [-0.3, -0.25) is 9.79 Å². The van der Waals surface area contributed by atoms with E-state index in [4.69, 9.17) is 4.74 Å². The van der Waals surface area contributed by atoms with Gasteiger partial charge in [-0.25, -0.2) is 0 Å². The van der Waals surface area contributed by atoms with Gasteiger partial charge in [0, 0.05) is 52.7 Å². The predicted octanol–water partition coefficient (Wildman–Crippen LogP) is 1.97. The van der Waals surface area contributed by atoms with E-state index in [0.29, 0.717) is 25.4 Å². The van der Waals surface area contributed by atoms with Crippen molar-refractivity contribution < 1.29 is 9.53 Å². The maximum absolute atomic E-state index is 12.4. The quantitative estimate of drug-likeness (QED) is 0.569. The van der Waals surface area contributed by atoms with Gasteiger partial charge in [-0.15, -0.1) is 0 Å². The van der Waals surface area contributed by atoms with Crippen molar-refractivity contribution in [1.82, 2.24) is 15.1 Å². The summed E-state index contributed by atoms with van der Waals surface area (Å²) in [5.41, 5.74) is 1.14. The third kappa shape index (κ3) is 6.33. The van der Waals surface area contributed by atoms with Crippen LogP contribution in [-0.4, -0.2) is 68.6 Å². The Morgan fingerprint density at radius 3 is 2.85 bits per heavy atom. The number of rotatable bonds is 8. The molecule has 0 aromatic heterocycles. The lowest BCUT2D eigenvalue weighted by Gasteiger charge is -2.22. The van der Waals surface area contributed by atoms with Crippen molar-refractivity contribution in [2.24, 2.45) is 10.9 Å². The third-order valence-corrected chi connectivity index (χ3v) is 4.60. The number of likely N-dealkylation sites (tertiary alicyclic amines) is 1. The first-order chi connectivity index (χ1) is 12.6. The molecule has 6 nitrogen and oxygen atoms in total. The van der Waals surface area contributed by atoms with Crippen molar-refractivity contribution in [3.63, 3.8) is 0 Å². The Bertz CT molecular complexity index is 576. The molecule has 1 N–H and O–H groups in total. The van der Waals surface area contributed by atoms with Crippen LogP contribution in [-0.2, 0) is 16.1 Å². The summed E-state index contributed by atoms with van der Waals surface area (Å²) < 4.78 is 5.26. The molecule has 1 aromatic carbocycles. The van der Waals surface area contributed by atoms with E-state index >= 15 is 0 Å². The van der Waals surface area contributed by atoms with E-state index in [1.54, 1.807) is 12.0 Å². The molecule has 1 unspecified atom stereocenters. The Labute approximate surface area is 157 Å². The van der Waals surface area contributed by atoms with Crippen LogP contribution < -0.4 is 5.32 Å². The number of nitrogens with zero attached hydrogens (tertiary/aromatic N) is 3. The number of methoxy groups -OCH3 is 1. The summed E-state index contributed by atoms with van der Waals surface area (Å²) in [6, 6.07) is 10.0. The first-order valence-electron chi connectivity index (χ1n) is 9.44. The maximum Gasteiger partial charge on any atom is 0.224 e. The Morgan fingerprint density at radius 2 is 2.15 bits per heavy atom. The molecule has 144 valence electrons. The van der Waals surface area contributed by atoms with Crippen LogP contribution in [0.3, 0.4) is 0 Å². The van der Waals surface area contributed by atoms with Crippen LogP contribution in [0, 0.1) is 5.92 Å². The Kier molecular flexibility index (Phi) is 8.41. The van der Waals surface area contributed by atoms with Crippen LogP contribution in [0.2, 0.25) is 0 Å². The zero-order valence-corrected chi connectivity index (χ0v) is 16.3. The molecule has 1 aliphatic rings. The van der Waals surface area contributed by atoms with Crippen LogP contribution in [0.15, 0.2) is 35.3 Å². The molecular weight excluding hydrogens is 328 g/mol. The summed E-state index contributed by atoms with van der Waals surface area (Å²) >= 11 is 0. The van der Waals surface area contributed by atoms with Crippen molar-refractivity contribution in [2.45, 2.75) is 26.3 Å². The third-order valence-electron chi connectivity index (χ3n) is 4.60. The van der Waals surface area contributed by atoms with Crippen LogP contribution >= 0.6 is 0 Å². The molecule has 0 saturated carbocycles. The number of benzene rings is 1. The van der Waals surface area contributed by atoms with E-state index in [-0.39, 0.29) is 5.91 Å². The fourth-order valence-corrected chi connectivity index (χ4v) is 3.22. The number of amides is 1. The molecule has 6 heteroatoms. The SMILES string of the molecule is CCNC(=NCCC(=O)N(C)Cc1ccccc1)N1CCC(COC)C1. The number of aliphatic imine (C=N–C) groups is 1. The molecule has 1 atom stereocenters. The van der Waals surface area contributed by atoms with Crippen LogP contribution in [0.5, 0.6) is 0 Å². The zero-order valence-electron chi connectivity index (χ0n) is 16.3. The molecule has 26 heavy (non-hydrogen) atoms. The molecule has 1 aliphatic heterocycles. The van der Waals surface area contributed by atoms with Crippen LogP contribution in [0.25, 0.3) is 0 Å². The lowest BCUT2D eigenvalue weighted by molar-refractivity contribution is -0.130. The lowest BCUT2D eigenvalue weighted by Crippen LogP contribution is -2.40. The van der Waals surface area contributed by atoms with Crippen molar-refractivity contribution in [3.8, 4) is 0 Å². The van der Waals surface area contributed by atoms with Gasteiger partial charge >= 0.3 is 0 Å². The monoisotopic (exact) mass is 360 g/mol. The maximum atomic E-state index is 12.4. The summed E-state index contributed by atoms with van der Waals surface area (Å²) in [6.07, 6.45) is 1.55. The molecule has 0 aliphatic carbocycles. The van der Waals surface area contributed by atoms with Crippen molar-refractivity contribution in [1.29, 1.82) is 0 Å². The van der Waals surface area contributed by atoms with Gasteiger partial charge in [0.15, 0.2) is 5.96 Å². The minimum absolute atomic E-state index is 0.118. The molecule has 0 spiro atoms. The summed E-state index contributed by atoms with van der Waals surface area (Å²) in [4.78, 5) is 21.0. The van der Waals surface area contributed by atoms with Gasteiger partial charge in [-0.1, -0.05) is 30.3 Å². The van der Waals surface area contributed by atoms with E-state index in [1.165, 1.54) is 0 Å². The van der Waals surface area contributed by atoms with Gasteiger partial charge in [0.25, 0.3) is 0 Å². The summed E-state index contributed by atoms with van der Waals surface area (Å²) in [5, 5.41) is 3.34. The van der Waals surface area contributed by atoms with Crippen molar-refractivity contribution in [3.05, 3.63) is 35.9 Å². The molecule has 1 amide bonds. The number of ether oxygens (including phenoxy) is 1. The number of hydrogen-bond donors (Lipinski definition) is 1. The van der Waals surface area contributed by atoms with E-state index in [1.807, 2.05) is 37.4 Å². The van der Waals surface area contributed by atoms with E-state index in [0.717, 1.165) is 44.2 Å². The molecule has 1 aromatic rings. The Morgan fingerprint density at radius 1 is 1.38 bits per heavy atom. The lowest BCUT2D eigenvalue weighted by atomic mass is 10.1. The highest BCUT2D eigenvalue weighted by Crippen LogP contribution is 2.16. The summed E-state index contributed by atoms with van der Waals surface area (Å²) in [7, 11) is 3.60. The number of nitrogens with one attached hydrogen (secondary N) is 1. The highest BCUT2D eigenvalue weighted by atomic mass is 16.5. The minimum atomic E-state index is 0.118. The fraction of sp³-hybridized carbons (Fsp3) is 0.600. The summed E-state index contributed by atoms with van der Waals surface area (Å²) in [5.74, 6) is 1.58. The average Bonchev–Trinajstić information content (AvgIpc) is 3.10. The standard InChI is InChI=1S/C20H32N4O2/c1-4-21-20(24-13-11-18(15-24)16-26-3)22-12-10-19(25)23(2)14-17-8-6-5-7-9-17/h5-9,18H,4,10-16H2,1-3H3,(H,21,22). The van der Waals surface area contributed by atoms with Gasteiger partial charge in [0.1, 0.15) is 0 Å². The smallest absolute Gasteiger partial charge is 0.224 e. The van der Waals surface area contributed by atoms with Gasteiger partial charge in [-0.2, -0.15) is 0 Å². The van der Waals surface area contributed by atoms with Crippen LogP contribution in [0.1, 0.15) is 25.3 Å². The first-order valence-corrected chi connectivity index (χ1v) is 9.44. The average molecular weight is 361 g/mol. The van der Waals surface area contributed by atoms with Gasteiger partial charge < -0.3 is 19.9 Å². The predicted molar refractivity (Wildman–Crippen MR) is 105 cm³/mol. The Hall–Kier alpha value is -2.08. The first kappa shape index (κ1) is 20.2. The molecule has 1 saturated heterocycles. The topological polar surface area (TPSA) is 57.2 Å². The number of carbonyl (C=O) groups excluding carboxylic acids is 1. The normalized spacial score (nSPS) is 17.4. The number of guanidine groups is 1. The van der Waals surface area contributed by atoms with E-state index < -0.39 is 0 Å². The highest BCUT2D eigenvalue weighted by Gasteiger charge is 2.24. The molecule has 1 heterocycles. The second-order valence-electron chi connectivity index (χ2n) is 6.78. The van der Waals surface area contributed by atoms with Crippen LogP contribution in [0.4, 0.5) is 0 Å². The van der Waals surface area contributed by atoms with Crippen molar-refractivity contribution in [2.75, 3.05) is 46.9 Å². The Balaban J connectivity index is 1.82. The van der Waals surface area contributed by atoms with Gasteiger partial charge in [0.2, 0.25) is 5.91 Å². The summed E-state index contributed by atoms with van der Waals surface area (Å²) in [6.45, 7) is 6.77. The second-order valence-corrected chi connectivity index (χ2v) is 6.78. The van der Waals surface area contributed by atoms with Gasteiger partial charge in [0.05, 0.1) is 13.2 Å². The number of hydrogen-bond acceptors (Lipinski definition) is 3. The molecular formula is C20H32N4O2. The highest BCUT2D eigenvalue weighted by molar-refractivity contribution is 5.81. The molecule has 0 bridgehead atoms.